The number of amides is 2. The monoisotopic (exact) mass is 1010 g/mol. The SMILES string of the molecule is CN=Cc1cncc(COc2cc(OCc3cccc(-c4cccc(COc5cc(OCc6cncc(C7=NC7)c6)c(CN6CCC[C@@H]6C(N)=O)cc5Cl)c4C)c3C)c(Cl)cc2CN2CCC[C@@H]2C(N)=O)c1. The van der Waals surface area contributed by atoms with Gasteiger partial charge in [0, 0.05) is 96.7 Å². The lowest BCUT2D eigenvalue weighted by molar-refractivity contribution is -0.123. The fourth-order valence-electron chi connectivity index (χ4n) is 9.65. The van der Waals surface area contributed by atoms with E-state index in [1.54, 1.807) is 31.9 Å². The smallest absolute Gasteiger partial charge is 0.234 e. The number of aromatic nitrogens is 2. The van der Waals surface area contributed by atoms with Crippen molar-refractivity contribution in [3.63, 3.8) is 0 Å². The Hall–Kier alpha value is -6.84. The molecular weight excluding hydrogens is 952 g/mol. The van der Waals surface area contributed by atoms with E-state index in [0.29, 0.717) is 59.0 Å². The fraction of sp³-hybridized carbons (Fsp3) is 0.321. The maximum Gasteiger partial charge on any atom is 0.234 e. The summed E-state index contributed by atoms with van der Waals surface area (Å²) >= 11 is 13.9. The summed E-state index contributed by atoms with van der Waals surface area (Å²) in [6.07, 6.45) is 12.0. The number of carbonyl (C=O) groups excluding carboxylic acids is 2. The summed E-state index contributed by atoms with van der Waals surface area (Å²) in [5.74, 6) is 1.45. The average molecular weight is 1010 g/mol. The van der Waals surface area contributed by atoms with Crippen molar-refractivity contribution < 1.29 is 28.5 Å². The zero-order valence-electron chi connectivity index (χ0n) is 40.7. The van der Waals surface area contributed by atoms with Gasteiger partial charge < -0.3 is 30.4 Å². The highest BCUT2D eigenvalue weighted by atomic mass is 35.5. The number of aliphatic imine (C=N–C) groups is 2. The lowest BCUT2D eigenvalue weighted by Gasteiger charge is -2.24. The van der Waals surface area contributed by atoms with Gasteiger partial charge in [-0.3, -0.25) is 39.3 Å². The first-order chi connectivity index (χ1) is 34.9. The van der Waals surface area contributed by atoms with Crippen LogP contribution in [-0.4, -0.2) is 82.3 Å². The van der Waals surface area contributed by atoms with Gasteiger partial charge in [0.25, 0.3) is 0 Å². The molecule has 0 radical (unpaired) electrons. The molecule has 72 heavy (non-hydrogen) atoms. The van der Waals surface area contributed by atoms with Gasteiger partial charge >= 0.3 is 0 Å². The van der Waals surface area contributed by atoms with Gasteiger partial charge in [0.05, 0.1) is 34.4 Å². The molecule has 16 heteroatoms. The van der Waals surface area contributed by atoms with Crippen molar-refractivity contribution in [3.05, 3.63) is 163 Å². The molecule has 5 heterocycles. The molecule has 3 aliphatic heterocycles. The lowest BCUT2D eigenvalue weighted by atomic mass is 9.92. The second-order valence-electron chi connectivity index (χ2n) is 18.5. The van der Waals surface area contributed by atoms with Gasteiger partial charge in [-0.25, -0.2) is 0 Å². The number of benzene rings is 4. The van der Waals surface area contributed by atoms with E-state index in [2.05, 4.69) is 67.9 Å². The molecule has 0 aliphatic carbocycles. The van der Waals surface area contributed by atoms with Gasteiger partial charge in [-0.05, 0) is 110 Å². The van der Waals surface area contributed by atoms with Crippen LogP contribution in [0.1, 0.15) is 81.3 Å². The van der Waals surface area contributed by atoms with Gasteiger partial charge in [0.15, 0.2) is 0 Å². The van der Waals surface area contributed by atoms with Crippen LogP contribution in [0, 0.1) is 13.8 Å². The van der Waals surface area contributed by atoms with Crippen LogP contribution < -0.4 is 30.4 Å². The molecule has 2 fully saturated rings. The molecule has 3 aliphatic rings. The number of rotatable bonds is 21. The molecule has 0 bridgehead atoms. The molecule has 0 spiro atoms. The van der Waals surface area contributed by atoms with E-state index >= 15 is 0 Å². The molecule has 9 rings (SSSR count). The second kappa shape index (κ2) is 22.7. The van der Waals surface area contributed by atoms with E-state index in [1.807, 2.05) is 54.7 Å². The number of hydrogen-bond acceptors (Lipinski definition) is 12. The minimum atomic E-state index is -0.357. The van der Waals surface area contributed by atoms with Gasteiger partial charge in [-0.1, -0.05) is 59.6 Å². The largest absolute Gasteiger partial charge is 0.488 e. The third-order valence-corrected chi connectivity index (χ3v) is 14.2. The molecule has 14 nitrogen and oxygen atoms in total. The molecule has 0 saturated carbocycles. The summed E-state index contributed by atoms with van der Waals surface area (Å²) < 4.78 is 26.0. The number of pyridine rings is 2. The molecule has 372 valence electrons. The Labute approximate surface area is 430 Å². The third kappa shape index (κ3) is 11.9. The van der Waals surface area contributed by atoms with Crippen molar-refractivity contribution in [3.8, 4) is 34.1 Å². The Kier molecular flexibility index (Phi) is 15.8. The number of likely N-dealkylation sites (tertiary alicyclic amines) is 2. The van der Waals surface area contributed by atoms with Gasteiger partial charge in [-0.15, -0.1) is 0 Å². The predicted octanol–water partition coefficient (Wildman–Crippen LogP) is 9.13. The summed E-state index contributed by atoms with van der Waals surface area (Å²) in [5, 5.41) is 0.859. The first kappa shape index (κ1) is 50.1. The number of ether oxygens (including phenoxy) is 4. The zero-order chi connectivity index (χ0) is 50.3. The Morgan fingerprint density at radius 3 is 1.62 bits per heavy atom. The molecule has 6 aromatic rings. The van der Waals surface area contributed by atoms with Crippen LogP contribution in [0.4, 0.5) is 0 Å². The third-order valence-electron chi connectivity index (χ3n) is 13.6. The molecule has 4 N–H and O–H groups in total. The van der Waals surface area contributed by atoms with Crippen molar-refractivity contribution in [1.82, 2.24) is 19.8 Å². The van der Waals surface area contributed by atoms with Gasteiger partial charge in [0.1, 0.15) is 49.4 Å². The Bertz CT molecular complexity index is 3060. The van der Waals surface area contributed by atoms with E-state index in [0.717, 1.165) is 105 Å². The molecular formula is C56H58Cl2N8O6. The molecule has 2 saturated heterocycles. The van der Waals surface area contributed by atoms with E-state index in [-0.39, 0.29) is 50.3 Å². The Morgan fingerprint density at radius 2 is 1.14 bits per heavy atom. The van der Waals surface area contributed by atoms with Gasteiger partial charge in [-0.2, -0.15) is 0 Å². The van der Waals surface area contributed by atoms with E-state index in [9.17, 15) is 9.59 Å². The fourth-order valence-corrected chi connectivity index (χ4v) is 10.1. The van der Waals surface area contributed by atoms with Crippen molar-refractivity contribution in [2.24, 2.45) is 21.5 Å². The summed E-state index contributed by atoms with van der Waals surface area (Å²) in [5.41, 5.74) is 24.1. The topological polar surface area (TPSA) is 180 Å². The minimum Gasteiger partial charge on any atom is -0.488 e. The Balaban J connectivity index is 0.922. The number of carbonyl (C=O) groups is 2. The maximum atomic E-state index is 12.3. The first-order valence-corrected chi connectivity index (χ1v) is 24.9. The quantitative estimate of drug-likeness (QED) is 0.0661. The number of primary amides is 2. The van der Waals surface area contributed by atoms with E-state index < -0.39 is 0 Å². The van der Waals surface area contributed by atoms with Crippen molar-refractivity contribution in [2.75, 3.05) is 26.7 Å². The standard InChI is InChI=1S/C56H58Cl2N8O6/c1-34-39(32-71-53-20-51(69-30-37-16-36(22-61-3)23-62-24-37)42(18-46(53)57)28-65-14-6-12-49(65)55(59)67)8-4-10-44(34)45-11-5-9-40(35(45)2)33-72-54-21-52(70-31-38-17-41(26-63-25-38)48-27-64-48)43(19-47(54)58)29-66-15-7-13-50(66)56(60)68/h4-5,8-11,16-26,49-50H,6-7,12-15,27-33H2,1-3H3,(H2,59,67)(H2,60,68)/t49-,50-/m1/s1. The van der Waals surface area contributed by atoms with Crippen LogP contribution in [0.15, 0.2) is 108 Å². The van der Waals surface area contributed by atoms with Crippen LogP contribution in [0.2, 0.25) is 10.0 Å². The van der Waals surface area contributed by atoms with Crippen molar-refractivity contribution in [2.45, 2.75) is 91.1 Å². The maximum absolute atomic E-state index is 12.3. The molecule has 2 amide bonds. The van der Waals surface area contributed by atoms with Crippen molar-refractivity contribution in [1.29, 1.82) is 0 Å². The molecule has 4 aromatic carbocycles. The van der Waals surface area contributed by atoms with E-state index in [4.69, 9.17) is 53.6 Å². The lowest BCUT2D eigenvalue weighted by Crippen LogP contribution is -2.39. The second-order valence-corrected chi connectivity index (χ2v) is 19.3. The first-order valence-electron chi connectivity index (χ1n) is 24.2. The van der Waals surface area contributed by atoms with Crippen molar-refractivity contribution >= 4 is 46.9 Å². The summed E-state index contributed by atoms with van der Waals surface area (Å²) in [7, 11) is 1.72. The Morgan fingerprint density at radius 1 is 0.653 bits per heavy atom. The number of nitrogens with zero attached hydrogens (tertiary/aromatic N) is 6. The summed E-state index contributed by atoms with van der Waals surface area (Å²) in [6.45, 7) is 8.28. The highest BCUT2D eigenvalue weighted by molar-refractivity contribution is 6.32. The van der Waals surface area contributed by atoms with Crippen LogP contribution in [0.5, 0.6) is 23.0 Å². The minimum absolute atomic E-state index is 0.245. The highest BCUT2D eigenvalue weighted by Gasteiger charge is 2.31. The van der Waals surface area contributed by atoms with Crippen LogP contribution in [0.25, 0.3) is 11.1 Å². The number of hydrogen-bond donors (Lipinski definition) is 2. The zero-order valence-corrected chi connectivity index (χ0v) is 42.2. The van der Waals surface area contributed by atoms with Crippen LogP contribution >= 0.6 is 23.2 Å². The van der Waals surface area contributed by atoms with Crippen LogP contribution in [-0.2, 0) is 49.1 Å². The predicted molar refractivity (Wildman–Crippen MR) is 280 cm³/mol. The number of halogens is 2. The normalized spacial score (nSPS) is 16.8. The molecule has 0 unspecified atom stereocenters. The van der Waals surface area contributed by atoms with E-state index in [1.165, 1.54) is 0 Å². The van der Waals surface area contributed by atoms with Gasteiger partial charge in [0.2, 0.25) is 11.8 Å². The molecule has 2 atom stereocenters. The highest BCUT2D eigenvalue weighted by Crippen LogP contribution is 2.39. The summed E-state index contributed by atoms with van der Waals surface area (Å²) in [6, 6.07) is 23.1. The molecule has 2 aromatic heterocycles. The van der Waals surface area contributed by atoms with Crippen LogP contribution in [0.3, 0.4) is 0 Å². The summed E-state index contributed by atoms with van der Waals surface area (Å²) in [4.78, 5) is 46.0. The average Bonchev–Trinajstić information content (AvgIpc) is 3.94. The number of nitrogens with two attached hydrogens (primary N) is 2.